The molecule has 0 unspecified atom stereocenters. The lowest BCUT2D eigenvalue weighted by molar-refractivity contribution is 0.0523. The van der Waals surface area contributed by atoms with Crippen molar-refractivity contribution < 1.29 is 14.3 Å². The van der Waals surface area contributed by atoms with Crippen LogP contribution in [0.4, 0.5) is 0 Å². The van der Waals surface area contributed by atoms with Crippen molar-refractivity contribution in [1.29, 1.82) is 0 Å². The van der Waals surface area contributed by atoms with Gasteiger partial charge in [0.15, 0.2) is 5.78 Å². The summed E-state index contributed by atoms with van der Waals surface area (Å²) >= 11 is 0. The molecule has 0 aliphatic heterocycles. The van der Waals surface area contributed by atoms with E-state index in [1.54, 1.807) is 58.0 Å². The van der Waals surface area contributed by atoms with E-state index in [2.05, 4.69) is 5.10 Å². The number of Topliss-reactive ketones (excluding diaryl/α,β-unsaturated/α-hetero) is 1. The quantitative estimate of drug-likeness (QED) is 0.637. The smallest absolute Gasteiger partial charge is 0.343 e. The van der Waals surface area contributed by atoms with Crippen LogP contribution in [-0.4, -0.2) is 28.1 Å². The van der Waals surface area contributed by atoms with E-state index in [1.807, 2.05) is 0 Å². The number of benzene rings is 1. The minimum Gasteiger partial charge on any atom is -0.462 e. The van der Waals surface area contributed by atoms with Gasteiger partial charge in [-0.05, 0) is 25.1 Å². The Labute approximate surface area is 140 Å². The molecule has 1 heterocycles. The van der Waals surface area contributed by atoms with Crippen molar-refractivity contribution in [1.82, 2.24) is 9.78 Å². The number of para-hydroxylation sites is 1. The lowest BCUT2D eigenvalue weighted by Gasteiger charge is -2.17. The molecule has 0 aliphatic rings. The number of ether oxygens (including phenoxy) is 1. The third-order valence-electron chi connectivity index (χ3n) is 3.32. The number of esters is 1. The zero-order valence-electron chi connectivity index (χ0n) is 14.2. The van der Waals surface area contributed by atoms with Gasteiger partial charge in [0.1, 0.15) is 11.3 Å². The average molecular weight is 328 g/mol. The molecule has 2 rings (SSSR count). The third kappa shape index (κ3) is 3.59. The van der Waals surface area contributed by atoms with Crippen molar-refractivity contribution in [3.05, 3.63) is 58.0 Å². The molecular formula is C18H20N2O4. The van der Waals surface area contributed by atoms with E-state index in [9.17, 15) is 14.4 Å². The maximum Gasteiger partial charge on any atom is 0.343 e. The van der Waals surface area contributed by atoms with Crippen LogP contribution < -0.4 is 5.56 Å². The Morgan fingerprint density at radius 1 is 1.17 bits per heavy atom. The van der Waals surface area contributed by atoms with Gasteiger partial charge in [0.25, 0.3) is 5.56 Å². The van der Waals surface area contributed by atoms with Gasteiger partial charge in [0.2, 0.25) is 0 Å². The van der Waals surface area contributed by atoms with Crippen molar-refractivity contribution in [3.63, 3.8) is 0 Å². The normalized spacial score (nSPS) is 11.2. The number of rotatable bonds is 4. The van der Waals surface area contributed by atoms with Crippen LogP contribution in [0.3, 0.4) is 0 Å². The summed E-state index contributed by atoms with van der Waals surface area (Å²) in [5, 5.41) is 4.16. The van der Waals surface area contributed by atoms with Gasteiger partial charge < -0.3 is 4.74 Å². The molecule has 24 heavy (non-hydrogen) atoms. The highest BCUT2D eigenvalue weighted by Crippen LogP contribution is 2.20. The van der Waals surface area contributed by atoms with E-state index in [0.29, 0.717) is 5.69 Å². The second kappa shape index (κ2) is 6.78. The van der Waals surface area contributed by atoms with Gasteiger partial charge in [0.05, 0.1) is 12.3 Å². The topological polar surface area (TPSA) is 78.3 Å². The molecule has 0 amide bonds. The Bertz CT molecular complexity index is 817. The molecule has 0 spiro atoms. The van der Waals surface area contributed by atoms with Gasteiger partial charge in [-0.2, -0.15) is 9.78 Å². The van der Waals surface area contributed by atoms with Crippen molar-refractivity contribution in [2.75, 3.05) is 6.61 Å². The molecule has 0 saturated carbocycles. The van der Waals surface area contributed by atoms with Gasteiger partial charge >= 0.3 is 5.97 Å². The van der Waals surface area contributed by atoms with Gasteiger partial charge in [0, 0.05) is 5.41 Å². The highest BCUT2D eigenvalue weighted by Gasteiger charge is 2.27. The first kappa shape index (κ1) is 17.6. The number of aromatic nitrogens is 2. The Balaban J connectivity index is 2.71. The zero-order valence-corrected chi connectivity index (χ0v) is 14.2. The van der Waals surface area contributed by atoms with E-state index >= 15 is 0 Å². The summed E-state index contributed by atoms with van der Waals surface area (Å²) in [6, 6.07) is 9.85. The second-order valence-electron chi connectivity index (χ2n) is 6.30. The molecule has 1 aromatic heterocycles. The summed E-state index contributed by atoms with van der Waals surface area (Å²) < 4.78 is 5.99. The van der Waals surface area contributed by atoms with E-state index in [4.69, 9.17) is 4.74 Å². The predicted octanol–water partition coefficient (Wildman–Crippen LogP) is 2.64. The molecule has 0 aliphatic carbocycles. The van der Waals surface area contributed by atoms with Crippen LogP contribution in [0.5, 0.6) is 0 Å². The minimum atomic E-state index is -0.766. The van der Waals surface area contributed by atoms with Gasteiger partial charge in [-0.1, -0.05) is 39.0 Å². The zero-order chi connectivity index (χ0) is 17.9. The van der Waals surface area contributed by atoms with Crippen LogP contribution in [0.2, 0.25) is 0 Å². The fourth-order valence-electron chi connectivity index (χ4n) is 2.09. The molecule has 0 N–H and O–H groups in total. The molecule has 0 fully saturated rings. The Morgan fingerprint density at radius 3 is 2.33 bits per heavy atom. The van der Waals surface area contributed by atoms with Crippen LogP contribution in [0.15, 0.2) is 41.2 Å². The Morgan fingerprint density at radius 2 is 1.79 bits per heavy atom. The summed E-state index contributed by atoms with van der Waals surface area (Å²) in [4.78, 5) is 37.3. The summed E-state index contributed by atoms with van der Waals surface area (Å²) in [7, 11) is 0. The monoisotopic (exact) mass is 328 g/mol. The van der Waals surface area contributed by atoms with Crippen LogP contribution in [0, 0.1) is 5.41 Å². The molecule has 6 nitrogen and oxygen atoms in total. The molecule has 0 radical (unpaired) electrons. The second-order valence-corrected chi connectivity index (χ2v) is 6.30. The standard InChI is InChI=1S/C18H20N2O4/c1-5-24-17(23)13-11-14(15(21)18(2,3)4)19-20(16(13)22)12-9-7-6-8-10-12/h6-11H,5H2,1-4H3. The van der Waals surface area contributed by atoms with Crippen molar-refractivity contribution in [3.8, 4) is 5.69 Å². The summed E-state index contributed by atoms with van der Waals surface area (Å²) in [6.07, 6.45) is 0. The van der Waals surface area contributed by atoms with E-state index in [-0.39, 0.29) is 23.6 Å². The minimum absolute atomic E-state index is 0.0500. The summed E-state index contributed by atoms with van der Waals surface area (Å²) in [5.74, 6) is -1.03. The largest absolute Gasteiger partial charge is 0.462 e. The first-order chi connectivity index (χ1) is 11.3. The lowest BCUT2D eigenvalue weighted by atomic mass is 9.88. The molecule has 1 aromatic carbocycles. The number of carbonyl (C=O) groups is 2. The molecule has 0 saturated heterocycles. The number of hydrogen-bond donors (Lipinski definition) is 0. The van der Waals surface area contributed by atoms with Crippen LogP contribution in [0.1, 0.15) is 48.5 Å². The van der Waals surface area contributed by atoms with Crippen molar-refractivity contribution >= 4 is 11.8 Å². The lowest BCUT2D eigenvalue weighted by Crippen LogP contribution is -2.32. The Hall–Kier alpha value is -2.76. The first-order valence-corrected chi connectivity index (χ1v) is 7.67. The maximum atomic E-state index is 12.6. The van der Waals surface area contributed by atoms with Crippen LogP contribution in [0.25, 0.3) is 5.69 Å². The average Bonchev–Trinajstić information content (AvgIpc) is 2.54. The number of carbonyl (C=O) groups excluding carboxylic acids is 2. The summed E-state index contributed by atoms with van der Waals surface area (Å²) in [6.45, 7) is 7.03. The van der Waals surface area contributed by atoms with Gasteiger partial charge in [-0.25, -0.2) is 4.79 Å². The van der Waals surface area contributed by atoms with Crippen LogP contribution >= 0.6 is 0 Å². The molecule has 126 valence electrons. The van der Waals surface area contributed by atoms with Gasteiger partial charge in [-0.3, -0.25) is 9.59 Å². The highest BCUT2D eigenvalue weighted by molar-refractivity contribution is 6.00. The molecular weight excluding hydrogens is 308 g/mol. The molecule has 6 heteroatoms. The third-order valence-corrected chi connectivity index (χ3v) is 3.32. The van der Waals surface area contributed by atoms with E-state index < -0.39 is 16.9 Å². The van der Waals surface area contributed by atoms with Crippen molar-refractivity contribution in [2.45, 2.75) is 27.7 Å². The molecule has 0 bridgehead atoms. The van der Waals surface area contributed by atoms with E-state index in [0.717, 1.165) is 4.68 Å². The SMILES string of the molecule is CCOC(=O)c1cc(C(=O)C(C)(C)C)nn(-c2ccccc2)c1=O. The van der Waals surface area contributed by atoms with Gasteiger partial charge in [-0.15, -0.1) is 0 Å². The van der Waals surface area contributed by atoms with Crippen molar-refractivity contribution in [2.24, 2.45) is 5.41 Å². The summed E-state index contributed by atoms with van der Waals surface area (Å²) in [5.41, 5.74) is -1.00. The molecule has 2 aromatic rings. The number of hydrogen-bond acceptors (Lipinski definition) is 5. The number of nitrogens with zero attached hydrogens (tertiary/aromatic N) is 2. The fourth-order valence-corrected chi connectivity index (χ4v) is 2.09. The maximum absolute atomic E-state index is 12.6. The fraction of sp³-hybridized carbons (Fsp3) is 0.333. The highest BCUT2D eigenvalue weighted by atomic mass is 16.5. The first-order valence-electron chi connectivity index (χ1n) is 7.67. The predicted molar refractivity (Wildman–Crippen MR) is 89.6 cm³/mol. The molecule has 0 atom stereocenters. The Kier molecular flexibility index (Phi) is 4.97. The van der Waals surface area contributed by atoms with Crippen LogP contribution in [-0.2, 0) is 4.74 Å². The number of ketones is 1. The van der Waals surface area contributed by atoms with E-state index in [1.165, 1.54) is 6.07 Å².